The summed E-state index contributed by atoms with van der Waals surface area (Å²) in [5, 5.41) is 25.2. The topological polar surface area (TPSA) is 98.7 Å². The molecule has 0 radical (unpaired) electrons. The first-order chi connectivity index (χ1) is 9.27. The van der Waals surface area contributed by atoms with E-state index in [1.807, 2.05) is 0 Å². The van der Waals surface area contributed by atoms with Crippen LogP contribution in [0.4, 0.5) is 0 Å². The molecule has 0 aliphatic carbocycles. The van der Waals surface area contributed by atoms with E-state index in [-0.39, 0.29) is 5.56 Å². The van der Waals surface area contributed by atoms with E-state index < -0.39 is 5.97 Å². The van der Waals surface area contributed by atoms with Crippen LogP contribution in [0.15, 0.2) is 43.0 Å². The number of hydrogen-bond acceptors (Lipinski definition) is 5. The summed E-state index contributed by atoms with van der Waals surface area (Å²) in [7, 11) is 0. The third-order valence-corrected chi connectivity index (χ3v) is 2.50. The number of aromatic nitrogens is 6. The van der Waals surface area contributed by atoms with Gasteiger partial charge in [-0.25, -0.2) is 4.79 Å². The Morgan fingerprint density at radius 3 is 2.11 bits per heavy atom. The lowest BCUT2D eigenvalue weighted by molar-refractivity contribution is 0.0696. The summed E-state index contributed by atoms with van der Waals surface area (Å²) < 4.78 is 0. The van der Waals surface area contributed by atoms with Gasteiger partial charge in [-0.15, -0.1) is 9.59 Å². The molecule has 8 nitrogen and oxygen atoms in total. The molecule has 0 bridgehead atoms. The molecule has 1 aromatic carbocycles. The number of rotatable bonds is 3. The van der Waals surface area contributed by atoms with Crippen molar-refractivity contribution in [2.24, 2.45) is 0 Å². The summed E-state index contributed by atoms with van der Waals surface area (Å²) in [6.07, 6.45) is 5.96. The fourth-order valence-corrected chi connectivity index (χ4v) is 1.75. The Morgan fingerprint density at radius 2 is 1.53 bits per heavy atom. The van der Waals surface area contributed by atoms with Gasteiger partial charge in [-0.2, -0.15) is 20.4 Å². The van der Waals surface area contributed by atoms with E-state index in [1.165, 1.54) is 40.4 Å². The highest BCUT2D eigenvalue weighted by molar-refractivity contribution is 5.93. The minimum atomic E-state index is -1.07. The van der Waals surface area contributed by atoms with E-state index in [0.717, 1.165) is 0 Å². The second-order valence-corrected chi connectivity index (χ2v) is 3.62. The van der Waals surface area contributed by atoms with Crippen molar-refractivity contribution in [2.75, 3.05) is 0 Å². The first-order valence-corrected chi connectivity index (χ1v) is 5.37. The third-order valence-electron chi connectivity index (χ3n) is 2.50. The van der Waals surface area contributed by atoms with Crippen molar-refractivity contribution in [2.45, 2.75) is 0 Å². The van der Waals surface area contributed by atoms with Gasteiger partial charge in [0, 0.05) is 0 Å². The van der Waals surface area contributed by atoms with Crippen LogP contribution in [0.1, 0.15) is 10.4 Å². The summed E-state index contributed by atoms with van der Waals surface area (Å²) >= 11 is 0. The fourth-order valence-electron chi connectivity index (χ4n) is 1.75. The average Bonchev–Trinajstić information content (AvgIpc) is 3.11. The maximum atomic E-state index is 11.3. The zero-order chi connectivity index (χ0) is 13.2. The van der Waals surface area contributed by atoms with Gasteiger partial charge in [-0.05, 0) is 12.1 Å². The van der Waals surface area contributed by atoms with Gasteiger partial charge in [0.05, 0.1) is 30.4 Å². The number of para-hydroxylation sites is 1. The monoisotopic (exact) mass is 256 g/mol. The van der Waals surface area contributed by atoms with E-state index in [1.54, 1.807) is 12.1 Å². The molecule has 0 saturated heterocycles. The third kappa shape index (κ3) is 1.84. The van der Waals surface area contributed by atoms with Crippen LogP contribution in [0.3, 0.4) is 0 Å². The molecule has 19 heavy (non-hydrogen) atoms. The van der Waals surface area contributed by atoms with Crippen molar-refractivity contribution >= 4 is 5.97 Å². The molecule has 0 unspecified atom stereocenters. The van der Waals surface area contributed by atoms with Crippen molar-refractivity contribution < 1.29 is 9.90 Å². The average molecular weight is 256 g/mol. The van der Waals surface area contributed by atoms with Gasteiger partial charge >= 0.3 is 5.97 Å². The quantitative estimate of drug-likeness (QED) is 0.734. The SMILES string of the molecule is O=C(O)c1cccc(-n2nccn2)c1-n1nccn1. The predicted molar refractivity (Wildman–Crippen MR) is 63.2 cm³/mol. The van der Waals surface area contributed by atoms with Gasteiger partial charge in [0.25, 0.3) is 0 Å². The van der Waals surface area contributed by atoms with Gasteiger partial charge < -0.3 is 5.11 Å². The van der Waals surface area contributed by atoms with Crippen LogP contribution in [-0.4, -0.2) is 41.1 Å². The summed E-state index contributed by atoms with van der Waals surface area (Å²) in [4.78, 5) is 13.9. The largest absolute Gasteiger partial charge is 0.478 e. The van der Waals surface area contributed by atoms with E-state index in [4.69, 9.17) is 0 Å². The number of carbonyl (C=O) groups is 1. The summed E-state index contributed by atoms with van der Waals surface area (Å²) in [6, 6.07) is 4.80. The number of hydrogen-bond donors (Lipinski definition) is 1. The summed E-state index contributed by atoms with van der Waals surface area (Å²) in [5.41, 5.74) is 0.878. The van der Waals surface area contributed by atoms with Gasteiger partial charge in [0.15, 0.2) is 0 Å². The minimum absolute atomic E-state index is 0.0750. The zero-order valence-corrected chi connectivity index (χ0v) is 9.58. The van der Waals surface area contributed by atoms with E-state index in [0.29, 0.717) is 11.4 Å². The number of nitrogens with zero attached hydrogens (tertiary/aromatic N) is 6. The van der Waals surface area contributed by atoms with Crippen LogP contribution in [0, 0.1) is 0 Å². The lowest BCUT2D eigenvalue weighted by atomic mass is 10.1. The Balaban J connectivity index is 2.31. The number of carboxylic acids is 1. The first-order valence-electron chi connectivity index (χ1n) is 5.37. The van der Waals surface area contributed by atoms with Crippen molar-refractivity contribution in [1.29, 1.82) is 0 Å². The normalized spacial score (nSPS) is 10.5. The highest BCUT2D eigenvalue weighted by atomic mass is 16.4. The molecule has 94 valence electrons. The molecular weight excluding hydrogens is 248 g/mol. The van der Waals surface area contributed by atoms with Crippen LogP contribution >= 0.6 is 0 Å². The van der Waals surface area contributed by atoms with Crippen LogP contribution in [-0.2, 0) is 0 Å². The molecule has 3 rings (SSSR count). The Kier molecular flexibility index (Phi) is 2.53. The molecule has 0 aliphatic heterocycles. The minimum Gasteiger partial charge on any atom is -0.478 e. The van der Waals surface area contributed by atoms with Crippen molar-refractivity contribution in [3.63, 3.8) is 0 Å². The molecule has 2 aromatic heterocycles. The van der Waals surface area contributed by atoms with Crippen molar-refractivity contribution in [3.05, 3.63) is 48.5 Å². The van der Waals surface area contributed by atoms with Crippen LogP contribution < -0.4 is 0 Å². The maximum absolute atomic E-state index is 11.3. The van der Waals surface area contributed by atoms with Gasteiger partial charge in [-0.3, -0.25) is 0 Å². The molecule has 2 heterocycles. The van der Waals surface area contributed by atoms with Crippen molar-refractivity contribution in [1.82, 2.24) is 30.0 Å². The summed E-state index contributed by atoms with van der Waals surface area (Å²) in [6.45, 7) is 0. The molecule has 0 saturated carbocycles. The number of benzene rings is 1. The van der Waals surface area contributed by atoms with Gasteiger partial charge in [-0.1, -0.05) is 6.07 Å². The van der Waals surface area contributed by atoms with Crippen LogP contribution in [0.25, 0.3) is 11.4 Å². The smallest absolute Gasteiger partial charge is 0.338 e. The first kappa shape index (κ1) is 11.1. The maximum Gasteiger partial charge on any atom is 0.338 e. The molecular formula is C11H8N6O2. The molecule has 0 fully saturated rings. The second kappa shape index (κ2) is 4.33. The molecule has 1 N–H and O–H groups in total. The lowest BCUT2D eigenvalue weighted by Gasteiger charge is -2.10. The van der Waals surface area contributed by atoms with Gasteiger partial charge in [0.1, 0.15) is 11.4 Å². The highest BCUT2D eigenvalue weighted by Crippen LogP contribution is 2.21. The lowest BCUT2D eigenvalue weighted by Crippen LogP contribution is -2.13. The second-order valence-electron chi connectivity index (χ2n) is 3.62. The number of aromatic carboxylic acids is 1. The molecule has 3 aromatic rings. The van der Waals surface area contributed by atoms with Crippen LogP contribution in [0.2, 0.25) is 0 Å². The Bertz CT molecular complexity index is 705. The Hall–Kier alpha value is -3.03. The zero-order valence-electron chi connectivity index (χ0n) is 9.58. The molecule has 0 atom stereocenters. The fraction of sp³-hybridized carbons (Fsp3) is 0. The molecule has 0 amide bonds. The Morgan fingerprint density at radius 1 is 0.947 bits per heavy atom. The van der Waals surface area contributed by atoms with E-state index in [9.17, 15) is 9.90 Å². The predicted octanol–water partition coefficient (Wildman–Crippen LogP) is 0.546. The van der Waals surface area contributed by atoms with Crippen molar-refractivity contribution in [3.8, 4) is 11.4 Å². The summed E-state index contributed by atoms with van der Waals surface area (Å²) in [5.74, 6) is -1.07. The molecule has 0 spiro atoms. The Labute approximate surface area is 106 Å². The number of carboxylic acid groups (broad SMARTS) is 1. The standard InChI is InChI=1S/C11H8N6O2/c18-11(19)8-2-1-3-9(16-12-4-5-13-16)10(8)17-14-6-7-15-17/h1-7H,(H,18,19). The molecule has 8 heteroatoms. The van der Waals surface area contributed by atoms with Crippen LogP contribution in [0.5, 0.6) is 0 Å². The van der Waals surface area contributed by atoms with E-state index in [2.05, 4.69) is 20.4 Å². The highest BCUT2D eigenvalue weighted by Gasteiger charge is 2.18. The van der Waals surface area contributed by atoms with Gasteiger partial charge in [0.2, 0.25) is 0 Å². The van der Waals surface area contributed by atoms with E-state index >= 15 is 0 Å². The molecule has 0 aliphatic rings.